The minimum absolute atomic E-state index is 0.0103. The van der Waals surface area contributed by atoms with E-state index in [0.717, 1.165) is 36.0 Å². The standard InChI is InChI=1S/C17H17F3N2O4/c18-17(19,20)11-5-12(7-13(6-11)26-9-10-1-2-10)21-14-8-15(24)22(3-4-23)16(14)25/h5-8,10,21,23H,1-4,9H2. The van der Waals surface area contributed by atoms with Crippen molar-refractivity contribution in [3.05, 3.63) is 35.5 Å². The molecule has 0 aromatic heterocycles. The van der Waals surface area contributed by atoms with Gasteiger partial charge in [0.2, 0.25) is 0 Å². The Kier molecular flexibility index (Phi) is 4.90. The van der Waals surface area contributed by atoms with Gasteiger partial charge in [-0.25, -0.2) is 0 Å². The molecular weight excluding hydrogens is 353 g/mol. The number of nitrogens with zero attached hydrogens (tertiary/aromatic N) is 1. The smallest absolute Gasteiger partial charge is 0.416 e. The van der Waals surface area contributed by atoms with Crippen LogP contribution in [-0.4, -0.2) is 41.6 Å². The van der Waals surface area contributed by atoms with E-state index in [0.29, 0.717) is 12.5 Å². The average Bonchev–Trinajstić information content (AvgIpc) is 3.36. The van der Waals surface area contributed by atoms with Gasteiger partial charge in [-0.15, -0.1) is 0 Å². The molecule has 2 amide bonds. The molecule has 2 N–H and O–H groups in total. The predicted molar refractivity (Wildman–Crippen MR) is 85.2 cm³/mol. The van der Waals surface area contributed by atoms with Crippen LogP contribution in [0.25, 0.3) is 0 Å². The quantitative estimate of drug-likeness (QED) is 0.719. The molecule has 0 unspecified atom stereocenters. The van der Waals surface area contributed by atoms with Crippen LogP contribution in [0.3, 0.4) is 0 Å². The highest BCUT2D eigenvalue weighted by Crippen LogP contribution is 2.36. The highest BCUT2D eigenvalue weighted by Gasteiger charge is 2.34. The summed E-state index contributed by atoms with van der Waals surface area (Å²) >= 11 is 0. The third-order valence-corrected chi connectivity index (χ3v) is 4.03. The Hall–Kier alpha value is -2.55. The predicted octanol–water partition coefficient (Wildman–Crippen LogP) is 2.15. The lowest BCUT2D eigenvalue weighted by Crippen LogP contribution is -2.34. The largest absolute Gasteiger partial charge is 0.493 e. The SMILES string of the molecule is O=C1C=C(Nc2cc(OCC3CC3)cc(C(F)(F)F)c2)C(=O)N1CCO. The number of rotatable bonds is 7. The Bertz CT molecular complexity index is 757. The van der Waals surface area contributed by atoms with Crippen molar-refractivity contribution in [1.29, 1.82) is 0 Å². The normalized spacial score (nSPS) is 17.5. The van der Waals surface area contributed by atoms with Crippen LogP contribution in [0.1, 0.15) is 18.4 Å². The first-order valence-electron chi connectivity index (χ1n) is 8.08. The van der Waals surface area contributed by atoms with Crippen molar-refractivity contribution < 1.29 is 32.6 Å². The summed E-state index contributed by atoms with van der Waals surface area (Å²) in [5.74, 6) is -0.936. The van der Waals surface area contributed by atoms with Crippen LogP contribution >= 0.6 is 0 Å². The monoisotopic (exact) mass is 370 g/mol. The molecule has 140 valence electrons. The Morgan fingerprint density at radius 3 is 2.58 bits per heavy atom. The maximum Gasteiger partial charge on any atom is 0.416 e. The average molecular weight is 370 g/mol. The molecule has 0 bridgehead atoms. The van der Waals surface area contributed by atoms with Crippen LogP contribution in [0, 0.1) is 5.92 Å². The topological polar surface area (TPSA) is 78.9 Å². The molecule has 1 saturated carbocycles. The number of ether oxygens (including phenoxy) is 1. The molecule has 6 nitrogen and oxygen atoms in total. The Morgan fingerprint density at radius 1 is 1.23 bits per heavy atom. The first kappa shape index (κ1) is 18.2. The van der Waals surface area contributed by atoms with E-state index in [9.17, 15) is 22.8 Å². The Balaban J connectivity index is 1.81. The minimum atomic E-state index is -4.58. The van der Waals surface area contributed by atoms with E-state index in [-0.39, 0.29) is 23.7 Å². The van der Waals surface area contributed by atoms with Gasteiger partial charge in [0.05, 0.1) is 25.3 Å². The number of carbonyl (C=O) groups excluding carboxylic acids is 2. The molecule has 2 aliphatic rings. The number of imide groups is 1. The number of halogens is 3. The fraction of sp³-hybridized carbons (Fsp3) is 0.412. The number of carbonyl (C=O) groups is 2. The van der Waals surface area contributed by atoms with Crippen LogP contribution in [-0.2, 0) is 15.8 Å². The van der Waals surface area contributed by atoms with E-state index in [1.54, 1.807) is 0 Å². The number of hydrogen-bond acceptors (Lipinski definition) is 5. The first-order valence-corrected chi connectivity index (χ1v) is 8.08. The molecule has 26 heavy (non-hydrogen) atoms. The van der Waals surface area contributed by atoms with Crippen molar-refractivity contribution in [2.75, 3.05) is 25.1 Å². The number of alkyl halides is 3. The summed E-state index contributed by atoms with van der Waals surface area (Å²) in [5.41, 5.74) is -1.09. The molecule has 0 saturated heterocycles. The van der Waals surface area contributed by atoms with Gasteiger partial charge in [0.15, 0.2) is 0 Å². The van der Waals surface area contributed by atoms with Crippen molar-refractivity contribution >= 4 is 17.5 Å². The summed E-state index contributed by atoms with van der Waals surface area (Å²) in [4.78, 5) is 24.6. The second-order valence-corrected chi connectivity index (χ2v) is 6.20. The lowest BCUT2D eigenvalue weighted by Gasteiger charge is -2.16. The highest BCUT2D eigenvalue weighted by molar-refractivity contribution is 6.17. The molecule has 9 heteroatoms. The van der Waals surface area contributed by atoms with Gasteiger partial charge >= 0.3 is 6.18 Å². The molecule has 1 fully saturated rings. The summed E-state index contributed by atoms with van der Waals surface area (Å²) in [6, 6.07) is 3.10. The molecule has 3 rings (SSSR count). The van der Waals surface area contributed by atoms with Crippen LogP contribution in [0.4, 0.5) is 18.9 Å². The third-order valence-electron chi connectivity index (χ3n) is 4.03. The van der Waals surface area contributed by atoms with Gasteiger partial charge in [-0.3, -0.25) is 14.5 Å². The van der Waals surface area contributed by atoms with Crippen LogP contribution in [0.2, 0.25) is 0 Å². The number of anilines is 1. The number of nitrogens with one attached hydrogen (secondary N) is 1. The summed E-state index contributed by atoms with van der Waals surface area (Å²) < 4.78 is 44.8. The minimum Gasteiger partial charge on any atom is -0.493 e. The van der Waals surface area contributed by atoms with E-state index in [2.05, 4.69) is 5.32 Å². The summed E-state index contributed by atoms with van der Waals surface area (Å²) in [7, 11) is 0. The summed E-state index contributed by atoms with van der Waals surface area (Å²) in [6.45, 7) is -0.246. The van der Waals surface area contributed by atoms with Gasteiger partial charge in [0, 0.05) is 17.8 Å². The molecule has 1 aliphatic carbocycles. The van der Waals surface area contributed by atoms with Crippen LogP contribution in [0.5, 0.6) is 5.75 Å². The number of aliphatic hydroxyl groups excluding tert-OH is 1. The first-order chi connectivity index (χ1) is 12.3. The van der Waals surface area contributed by atoms with Crippen molar-refractivity contribution in [2.24, 2.45) is 5.92 Å². The number of hydrogen-bond donors (Lipinski definition) is 2. The van der Waals surface area contributed by atoms with E-state index in [1.165, 1.54) is 6.07 Å². The number of benzene rings is 1. The van der Waals surface area contributed by atoms with Crippen molar-refractivity contribution in [3.63, 3.8) is 0 Å². The molecular formula is C17H17F3N2O4. The zero-order chi connectivity index (χ0) is 18.9. The fourth-order valence-corrected chi connectivity index (χ4v) is 2.48. The lowest BCUT2D eigenvalue weighted by molar-refractivity contribution is -0.138. The third kappa shape index (κ3) is 4.16. The fourth-order valence-electron chi connectivity index (χ4n) is 2.48. The van der Waals surface area contributed by atoms with Crippen LogP contribution < -0.4 is 10.1 Å². The van der Waals surface area contributed by atoms with Gasteiger partial charge in [-0.05, 0) is 30.9 Å². The van der Waals surface area contributed by atoms with Gasteiger partial charge in [-0.2, -0.15) is 13.2 Å². The van der Waals surface area contributed by atoms with Crippen LogP contribution in [0.15, 0.2) is 30.0 Å². The van der Waals surface area contributed by atoms with E-state index < -0.39 is 30.2 Å². The second-order valence-electron chi connectivity index (χ2n) is 6.20. The molecule has 0 atom stereocenters. The van der Waals surface area contributed by atoms with Gasteiger partial charge in [0.25, 0.3) is 11.8 Å². The molecule has 1 aliphatic heterocycles. The maximum absolute atomic E-state index is 13.1. The lowest BCUT2D eigenvalue weighted by atomic mass is 10.1. The van der Waals surface area contributed by atoms with Gasteiger partial charge < -0.3 is 15.2 Å². The van der Waals surface area contributed by atoms with E-state index >= 15 is 0 Å². The van der Waals surface area contributed by atoms with E-state index in [4.69, 9.17) is 9.84 Å². The summed E-state index contributed by atoms with van der Waals surface area (Å²) in [5, 5.41) is 11.4. The van der Waals surface area contributed by atoms with Gasteiger partial charge in [-0.1, -0.05) is 0 Å². The molecule has 0 radical (unpaired) electrons. The second kappa shape index (κ2) is 6.99. The molecule has 0 spiro atoms. The van der Waals surface area contributed by atoms with Crippen molar-refractivity contribution in [1.82, 2.24) is 4.90 Å². The van der Waals surface area contributed by atoms with Crippen molar-refractivity contribution in [3.8, 4) is 5.75 Å². The molecule has 1 aromatic rings. The Labute approximate surface area is 147 Å². The zero-order valence-corrected chi connectivity index (χ0v) is 13.7. The molecule has 1 aromatic carbocycles. The number of β-amino-alcohol motifs (C(OH)–C–C–N with tert-alkyl or cyclic N) is 1. The summed E-state index contributed by atoms with van der Waals surface area (Å²) in [6.07, 6.45) is -1.60. The van der Waals surface area contributed by atoms with Crippen molar-refractivity contribution in [2.45, 2.75) is 19.0 Å². The molecule has 1 heterocycles. The zero-order valence-electron chi connectivity index (χ0n) is 13.7. The Morgan fingerprint density at radius 2 is 1.96 bits per heavy atom. The number of amides is 2. The van der Waals surface area contributed by atoms with E-state index in [1.807, 2.05) is 0 Å². The highest BCUT2D eigenvalue weighted by atomic mass is 19.4. The van der Waals surface area contributed by atoms with Gasteiger partial charge in [0.1, 0.15) is 11.4 Å². The number of aliphatic hydroxyl groups is 1. The maximum atomic E-state index is 13.1.